The molecule has 0 bridgehead atoms. The van der Waals surface area contributed by atoms with Crippen molar-refractivity contribution < 1.29 is 24.5 Å². The molecule has 0 saturated carbocycles. The van der Waals surface area contributed by atoms with E-state index in [-0.39, 0.29) is 6.61 Å². The highest BCUT2D eigenvalue weighted by Gasteiger charge is 2.17. The maximum absolute atomic E-state index is 11.3. The average Bonchev–Trinajstić information content (AvgIpc) is 2.29. The van der Waals surface area contributed by atoms with Gasteiger partial charge in [-0.05, 0) is 12.5 Å². The molecule has 5 heteroatoms. The molecule has 1 radical (unpaired) electrons. The van der Waals surface area contributed by atoms with Gasteiger partial charge in [0.15, 0.2) is 11.9 Å². The van der Waals surface area contributed by atoms with Crippen LogP contribution in [0.4, 0.5) is 0 Å². The molecule has 0 rings (SSSR count). The van der Waals surface area contributed by atoms with Gasteiger partial charge in [-0.25, -0.2) is 0 Å². The topological polar surface area (TPSA) is 83.8 Å². The number of ketones is 1. The molecule has 0 aliphatic carbocycles. The number of aliphatic hydroxyl groups is 2. The van der Waals surface area contributed by atoms with Gasteiger partial charge in [-0.1, -0.05) is 19.4 Å². The van der Waals surface area contributed by atoms with Gasteiger partial charge in [0.25, 0.3) is 0 Å². The Labute approximate surface area is 94.7 Å². The van der Waals surface area contributed by atoms with E-state index in [1.54, 1.807) is 6.08 Å². The zero-order chi connectivity index (χ0) is 12.4. The van der Waals surface area contributed by atoms with E-state index in [0.29, 0.717) is 0 Å². The highest BCUT2D eigenvalue weighted by atomic mass is 16.5. The summed E-state index contributed by atoms with van der Waals surface area (Å²) in [6.45, 7) is 1.21. The highest BCUT2D eigenvalue weighted by Crippen LogP contribution is 1.97. The minimum absolute atomic E-state index is 0.274. The van der Waals surface area contributed by atoms with Crippen LogP contribution >= 0.6 is 0 Å². The van der Waals surface area contributed by atoms with Crippen molar-refractivity contribution >= 4 is 12.1 Å². The van der Waals surface area contributed by atoms with Crippen molar-refractivity contribution in [3.63, 3.8) is 0 Å². The molecule has 0 aromatic carbocycles. The molecule has 0 aliphatic rings. The van der Waals surface area contributed by atoms with Crippen LogP contribution in [0, 0.1) is 0 Å². The van der Waals surface area contributed by atoms with E-state index in [1.165, 1.54) is 12.4 Å². The summed E-state index contributed by atoms with van der Waals surface area (Å²) < 4.78 is 4.80. The summed E-state index contributed by atoms with van der Waals surface area (Å²) in [6.07, 6.45) is 3.60. The molecular formula is C11H17O5. The molecule has 0 amide bonds. The molecule has 5 nitrogen and oxygen atoms in total. The van der Waals surface area contributed by atoms with E-state index >= 15 is 0 Å². The van der Waals surface area contributed by atoms with E-state index < -0.39 is 24.6 Å². The minimum atomic E-state index is -1.32. The van der Waals surface area contributed by atoms with Gasteiger partial charge in [0, 0.05) is 0 Å². The first-order chi connectivity index (χ1) is 7.65. The second kappa shape index (κ2) is 9.21. The molecule has 2 N–H and O–H groups in total. The normalized spacial score (nSPS) is 14.9. The van der Waals surface area contributed by atoms with E-state index in [1.807, 2.05) is 6.92 Å². The van der Waals surface area contributed by atoms with Crippen LogP contribution in [-0.4, -0.2) is 47.7 Å². The lowest BCUT2D eigenvalue weighted by Crippen LogP contribution is -2.30. The van der Waals surface area contributed by atoms with Crippen LogP contribution in [0.3, 0.4) is 0 Å². The summed E-state index contributed by atoms with van der Waals surface area (Å²) in [5.41, 5.74) is 0. The van der Waals surface area contributed by atoms with E-state index in [2.05, 4.69) is 0 Å². The number of hydrogen-bond acceptors (Lipinski definition) is 5. The number of carbonyl (C=O) groups excluding carboxylic acids is 2. The fourth-order valence-corrected chi connectivity index (χ4v) is 0.888. The second-order valence-electron chi connectivity index (χ2n) is 3.26. The lowest BCUT2D eigenvalue weighted by molar-refractivity contribution is -0.123. The molecule has 2 unspecified atom stereocenters. The first-order valence-electron chi connectivity index (χ1n) is 5.14. The summed E-state index contributed by atoms with van der Waals surface area (Å²) in [6, 6.07) is 0. The summed E-state index contributed by atoms with van der Waals surface area (Å²) in [4.78, 5) is 21.8. The summed E-state index contributed by atoms with van der Waals surface area (Å²) >= 11 is 0. The Morgan fingerprint density at radius 2 is 2.25 bits per heavy atom. The van der Waals surface area contributed by atoms with Crippen molar-refractivity contribution in [3.05, 3.63) is 12.2 Å². The standard InChI is InChI=1S/C11H17O5/c1-2-3-4-5-10(15)11(7-13)16-8-9(14)6-12/h4-5,9,11-12,14H,2-3,6,8H2,1H3/b5-4-. The summed E-state index contributed by atoms with van der Waals surface area (Å²) in [5, 5.41) is 17.5. The second-order valence-corrected chi connectivity index (χ2v) is 3.26. The van der Waals surface area contributed by atoms with Crippen molar-refractivity contribution in [1.82, 2.24) is 0 Å². The summed E-state index contributed by atoms with van der Waals surface area (Å²) in [7, 11) is 0. The Bertz CT molecular complexity index is 237. The molecular weight excluding hydrogens is 212 g/mol. The Hall–Kier alpha value is -1.04. The molecule has 0 fully saturated rings. The highest BCUT2D eigenvalue weighted by molar-refractivity contribution is 6.03. The predicted molar refractivity (Wildman–Crippen MR) is 57.6 cm³/mol. The first-order valence-corrected chi connectivity index (χ1v) is 5.14. The van der Waals surface area contributed by atoms with Gasteiger partial charge >= 0.3 is 0 Å². The lowest BCUT2D eigenvalue weighted by Gasteiger charge is -2.10. The predicted octanol–water partition coefficient (Wildman–Crippen LogP) is -0.240. The first kappa shape index (κ1) is 15.0. The van der Waals surface area contributed by atoms with Crippen LogP contribution in [0.25, 0.3) is 0 Å². The molecule has 0 aromatic heterocycles. The molecule has 0 heterocycles. The molecule has 16 heavy (non-hydrogen) atoms. The Kier molecular flexibility index (Phi) is 8.61. The quantitative estimate of drug-likeness (QED) is 0.421. The maximum Gasteiger partial charge on any atom is 0.238 e. The lowest BCUT2D eigenvalue weighted by atomic mass is 10.2. The molecule has 91 valence electrons. The van der Waals surface area contributed by atoms with Crippen molar-refractivity contribution in [2.75, 3.05) is 13.2 Å². The van der Waals surface area contributed by atoms with Crippen LogP contribution in [0.2, 0.25) is 0 Å². The van der Waals surface area contributed by atoms with Gasteiger partial charge in [0.05, 0.1) is 13.2 Å². The fraction of sp³-hybridized carbons (Fsp3) is 0.636. The molecule has 0 aromatic rings. The van der Waals surface area contributed by atoms with Crippen LogP contribution in [-0.2, 0) is 14.3 Å². The van der Waals surface area contributed by atoms with Crippen LogP contribution in [0.15, 0.2) is 12.2 Å². The smallest absolute Gasteiger partial charge is 0.238 e. The maximum atomic E-state index is 11.3. The average molecular weight is 229 g/mol. The molecule has 0 spiro atoms. The Morgan fingerprint density at radius 3 is 2.75 bits per heavy atom. The SMILES string of the molecule is CCC/C=C\C(=O)C([C]=O)OCC(O)CO. The van der Waals surface area contributed by atoms with Gasteiger partial charge in [-0.2, -0.15) is 0 Å². The van der Waals surface area contributed by atoms with Gasteiger partial charge < -0.3 is 14.9 Å². The minimum Gasteiger partial charge on any atom is -0.394 e. The van der Waals surface area contributed by atoms with Crippen LogP contribution in [0.5, 0.6) is 0 Å². The van der Waals surface area contributed by atoms with Crippen molar-refractivity contribution in [2.24, 2.45) is 0 Å². The largest absolute Gasteiger partial charge is 0.394 e. The fourth-order valence-electron chi connectivity index (χ4n) is 0.888. The van der Waals surface area contributed by atoms with Crippen LogP contribution in [0.1, 0.15) is 19.8 Å². The number of unbranched alkanes of at least 4 members (excludes halogenated alkanes) is 1. The van der Waals surface area contributed by atoms with Crippen molar-refractivity contribution in [3.8, 4) is 0 Å². The number of aliphatic hydroxyl groups excluding tert-OH is 2. The Morgan fingerprint density at radius 1 is 1.56 bits per heavy atom. The van der Waals surface area contributed by atoms with Crippen molar-refractivity contribution in [1.29, 1.82) is 0 Å². The van der Waals surface area contributed by atoms with Crippen LogP contribution < -0.4 is 0 Å². The zero-order valence-electron chi connectivity index (χ0n) is 9.26. The number of carbonyl (C=O) groups is 1. The third-order valence-corrected chi connectivity index (χ3v) is 1.77. The zero-order valence-corrected chi connectivity index (χ0v) is 9.26. The molecule has 0 aliphatic heterocycles. The van der Waals surface area contributed by atoms with E-state index in [9.17, 15) is 9.59 Å². The Balaban J connectivity index is 4.06. The van der Waals surface area contributed by atoms with Gasteiger partial charge in [0.1, 0.15) is 6.10 Å². The number of allylic oxidation sites excluding steroid dienone is 1. The van der Waals surface area contributed by atoms with Crippen molar-refractivity contribution in [2.45, 2.75) is 32.0 Å². The summed E-state index contributed by atoms with van der Waals surface area (Å²) in [5.74, 6) is -0.506. The van der Waals surface area contributed by atoms with Gasteiger partial charge in [-0.15, -0.1) is 0 Å². The molecule has 2 atom stereocenters. The van der Waals surface area contributed by atoms with E-state index in [0.717, 1.165) is 12.8 Å². The van der Waals surface area contributed by atoms with Gasteiger partial charge in [0.2, 0.25) is 6.29 Å². The number of rotatable bonds is 9. The number of ether oxygens (including phenoxy) is 1. The van der Waals surface area contributed by atoms with E-state index in [4.69, 9.17) is 14.9 Å². The third-order valence-electron chi connectivity index (χ3n) is 1.77. The monoisotopic (exact) mass is 229 g/mol. The van der Waals surface area contributed by atoms with Gasteiger partial charge in [-0.3, -0.25) is 9.59 Å². The third kappa shape index (κ3) is 6.44. The molecule has 0 saturated heterocycles. The number of hydrogen-bond donors (Lipinski definition) is 2.